The van der Waals surface area contributed by atoms with E-state index in [1.165, 1.54) is 0 Å². The predicted octanol–water partition coefficient (Wildman–Crippen LogP) is 2.67. The highest BCUT2D eigenvalue weighted by atomic mass is 79.9. The molecule has 16 heavy (non-hydrogen) atoms. The number of aliphatic carboxylic acids is 1. The van der Waals surface area contributed by atoms with Gasteiger partial charge in [-0.3, -0.25) is 9.59 Å². The normalized spacial score (nSPS) is 12.1. The lowest BCUT2D eigenvalue weighted by atomic mass is 9.94. The fourth-order valence-electron chi connectivity index (χ4n) is 1.44. The Kier molecular flexibility index (Phi) is 4.68. The average Bonchev–Trinajstić information content (AvgIpc) is 2.27. The lowest BCUT2D eigenvalue weighted by molar-refractivity contribution is -0.146. The van der Waals surface area contributed by atoms with E-state index in [2.05, 4.69) is 15.9 Å². The van der Waals surface area contributed by atoms with E-state index in [4.69, 9.17) is 5.11 Å². The third kappa shape index (κ3) is 3.45. The second-order valence-electron chi connectivity index (χ2n) is 3.54. The molecule has 0 aliphatic rings. The van der Waals surface area contributed by atoms with Gasteiger partial charge < -0.3 is 5.11 Å². The minimum absolute atomic E-state index is 0.226. The quantitative estimate of drug-likeness (QED) is 0.846. The van der Waals surface area contributed by atoms with Gasteiger partial charge in [-0.1, -0.05) is 35.0 Å². The van der Waals surface area contributed by atoms with Gasteiger partial charge in [-0.25, -0.2) is 0 Å². The Balaban J connectivity index is 2.80. The molecule has 0 amide bonds. The van der Waals surface area contributed by atoms with Crippen LogP contribution in [0.15, 0.2) is 28.7 Å². The van der Waals surface area contributed by atoms with Crippen LogP contribution in [0.5, 0.6) is 0 Å². The second-order valence-corrected chi connectivity index (χ2v) is 4.46. The Morgan fingerprint density at radius 2 is 1.88 bits per heavy atom. The van der Waals surface area contributed by atoms with Crippen molar-refractivity contribution in [1.82, 2.24) is 0 Å². The molecule has 0 saturated carbocycles. The number of carboxylic acid groups (broad SMARTS) is 1. The van der Waals surface area contributed by atoms with Gasteiger partial charge in [0.25, 0.3) is 0 Å². The third-order valence-corrected chi connectivity index (χ3v) is 2.92. The summed E-state index contributed by atoms with van der Waals surface area (Å²) in [6.07, 6.45) is 0.517. The molecule has 1 rings (SSSR count). The Morgan fingerprint density at radius 1 is 1.31 bits per heavy atom. The minimum atomic E-state index is -1.05. The molecule has 0 saturated heterocycles. The van der Waals surface area contributed by atoms with Gasteiger partial charge in [0, 0.05) is 10.9 Å². The maximum Gasteiger partial charge on any atom is 0.314 e. The number of carbonyl (C=O) groups is 2. The topological polar surface area (TPSA) is 54.4 Å². The second kappa shape index (κ2) is 5.80. The number of halogens is 1. The number of ketones is 1. The van der Waals surface area contributed by atoms with E-state index in [-0.39, 0.29) is 18.6 Å². The summed E-state index contributed by atoms with van der Waals surface area (Å²) in [6, 6.07) is 7.32. The minimum Gasteiger partial charge on any atom is -0.481 e. The monoisotopic (exact) mass is 284 g/mol. The molecule has 0 aliphatic heterocycles. The number of rotatable bonds is 5. The number of Topliss-reactive ketones (excluding diaryl/α,β-unsaturated/α-hetero) is 1. The lowest BCUT2D eigenvalue weighted by Gasteiger charge is -2.10. The van der Waals surface area contributed by atoms with Crippen molar-refractivity contribution < 1.29 is 14.7 Å². The highest BCUT2D eigenvalue weighted by molar-refractivity contribution is 9.10. The summed E-state index contributed by atoms with van der Waals surface area (Å²) >= 11 is 3.30. The molecule has 1 aromatic rings. The van der Waals surface area contributed by atoms with E-state index in [0.717, 1.165) is 10.0 Å². The van der Waals surface area contributed by atoms with E-state index in [1.54, 1.807) is 6.92 Å². The van der Waals surface area contributed by atoms with Gasteiger partial charge in [0.2, 0.25) is 0 Å². The van der Waals surface area contributed by atoms with Crippen molar-refractivity contribution in [3.8, 4) is 0 Å². The molecule has 0 bridgehead atoms. The van der Waals surface area contributed by atoms with Crippen molar-refractivity contribution in [3.63, 3.8) is 0 Å². The SMILES string of the molecule is CCC(=O)C(Cc1ccc(Br)cc1)C(=O)O. The molecule has 1 N–H and O–H groups in total. The highest BCUT2D eigenvalue weighted by Crippen LogP contribution is 2.15. The molecule has 1 aromatic carbocycles. The zero-order chi connectivity index (χ0) is 12.1. The smallest absolute Gasteiger partial charge is 0.314 e. The first-order valence-corrected chi connectivity index (χ1v) is 5.84. The standard InChI is InChI=1S/C12H13BrO3/c1-2-11(14)10(12(15)16)7-8-3-5-9(13)6-4-8/h3-6,10H,2,7H2,1H3,(H,15,16). The van der Waals surface area contributed by atoms with Crippen molar-refractivity contribution in [3.05, 3.63) is 34.3 Å². The maximum absolute atomic E-state index is 11.4. The van der Waals surface area contributed by atoms with Crippen LogP contribution in [-0.2, 0) is 16.0 Å². The zero-order valence-electron chi connectivity index (χ0n) is 8.94. The summed E-state index contributed by atoms with van der Waals surface area (Å²) in [5.74, 6) is -2.20. The fourth-order valence-corrected chi connectivity index (χ4v) is 1.71. The Morgan fingerprint density at radius 3 is 2.31 bits per heavy atom. The van der Waals surface area contributed by atoms with E-state index in [1.807, 2.05) is 24.3 Å². The molecular formula is C12H13BrO3. The number of carbonyl (C=O) groups excluding carboxylic acids is 1. The van der Waals surface area contributed by atoms with E-state index >= 15 is 0 Å². The molecule has 4 heteroatoms. The van der Waals surface area contributed by atoms with Crippen LogP contribution in [-0.4, -0.2) is 16.9 Å². The highest BCUT2D eigenvalue weighted by Gasteiger charge is 2.24. The first-order chi connectivity index (χ1) is 7.54. The third-order valence-electron chi connectivity index (χ3n) is 2.39. The number of carboxylic acids is 1. The Bertz CT molecular complexity index is 384. The molecule has 0 fully saturated rings. The van der Waals surface area contributed by atoms with Crippen LogP contribution in [0, 0.1) is 5.92 Å². The van der Waals surface area contributed by atoms with Crippen molar-refractivity contribution >= 4 is 27.7 Å². The summed E-state index contributed by atoms with van der Waals surface area (Å²) in [4.78, 5) is 22.4. The van der Waals surface area contributed by atoms with Gasteiger partial charge in [-0.15, -0.1) is 0 Å². The molecule has 3 nitrogen and oxygen atoms in total. The van der Waals surface area contributed by atoms with E-state index < -0.39 is 11.9 Å². The first-order valence-electron chi connectivity index (χ1n) is 5.04. The summed E-state index contributed by atoms with van der Waals surface area (Å²) in [5.41, 5.74) is 0.859. The van der Waals surface area contributed by atoms with Gasteiger partial charge in [0.1, 0.15) is 11.7 Å². The van der Waals surface area contributed by atoms with Gasteiger partial charge in [-0.05, 0) is 24.1 Å². The van der Waals surface area contributed by atoms with Crippen LogP contribution in [0.1, 0.15) is 18.9 Å². The van der Waals surface area contributed by atoms with Crippen LogP contribution in [0.25, 0.3) is 0 Å². The Labute approximate surface area is 103 Å². The lowest BCUT2D eigenvalue weighted by Crippen LogP contribution is -2.25. The van der Waals surface area contributed by atoms with Crippen molar-refractivity contribution in [2.24, 2.45) is 5.92 Å². The number of benzene rings is 1. The molecule has 0 spiro atoms. The summed E-state index contributed by atoms with van der Waals surface area (Å²) < 4.78 is 0.935. The Hall–Kier alpha value is -1.16. The molecule has 1 unspecified atom stereocenters. The van der Waals surface area contributed by atoms with Crippen molar-refractivity contribution in [2.45, 2.75) is 19.8 Å². The molecule has 86 valence electrons. The van der Waals surface area contributed by atoms with Gasteiger partial charge in [0.15, 0.2) is 0 Å². The van der Waals surface area contributed by atoms with Crippen LogP contribution in [0.3, 0.4) is 0 Å². The molecule has 0 heterocycles. The van der Waals surface area contributed by atoms with Crippen LogP contribution < -0.4 is 0 Å². The van der Waals surface area contributed by atoms with E-state index in [0.29, 0.717) is 0 Å². The van der Waals surface area contributed by atoms with Crippen LogP contribution in [0.2, 0.25) is 0 Å². The number of hydrogen-bond acceptors (Lipinski definition) is 2. The molecular weight excluding hydrogens is 272 g/mol. The fraction of sp³-hybridized carbons (Fsp3) is 0.333. The summed E-state index contributed by atoms with van der Waals surface area (Å²) in [6.45, 7) is 1.68. The summed E-state index contributed by atoms with van der Waals surface area (Å²) in [5, 5.41) is 8.96. The van der Waals surface area contributed by atoms with Crippen LogP contribution in [0.4, 0.5) is 0 Å². The van der Waals surface area contributed by atoms with Gasteiger partial charge in [0.05, 0.1) is 0 Å². The largest absolute Gasteiger partial charge is 0.481 e. The molecule has 0 aliphatic carbocycles. The maximum atomic E-state index is 11.4. The van der Waals surface area contributed by atoms with E-state index in [9.17, 15) is 9.59 Å². The molecule has 0 radical (unpaired) electrons. The predicted molar refractivity (Wildman–Crippen MR) is 64.3 cm³/mol. The van der Waals surface area contributed by atoms with Crippen LogP contribution >= 0.6 is 15.9 Å². The zero-order valence-corrected chi connectivity index (χ0v) is 10.5. The van der Waals surface area contributed by atoms with Gasteiger partial charge >= 0.3 is 5.97 Å². The first kappa shape index (κ1) is 12.9. The summed E-state index contributed by atoms with van der Waals surface area (Å²) in [7, 11) is 0. The van der Waals surface area contributed by atoms with Gasteiger partial charge in [-0.2, -0.15) is 0 Å². The molecule has 0 aromatic heterocycles. The average molecular weight is 285 g/mol. The molecule has 1 atom stereocenters. The number of hydrogen-bond donors (Lipinski definition) is 1. The van der Waals surface area contributed by atoms with Crippen molar-refractivity contribution in [1.29, 1.82) is 0 Å². The van der Waals surface area contributed by atoms with Crippen molar-refractivity contribution in [2.75, 3.05) is 0 Å².